The Bertz CT molecular complexity index is 401. The van der Waals surface area contributed by atoms with Crippen LogP contribution in [0, 0.1) is 0 Å². The van der Waals surface area contributed by atoms with E-state index in [2.05, 4.69) is 0 Å². The van der Waals surface area contributed by atoms with Gasteiger partial charge in [0.2, 0.25) is 0 Å². The summed E-state index contributed by atoms with van der Waals surface area (Å²) in [5.41, 5.74) is 0. The second-order valence-electron chi connectivity index (χ2n) is 2.67. The van der Waals surface area contributed by atoms with Crippen LogP contribution >= 0.6 is 0 Å². The van der Waals surface area contributed by atoms with Crippen molar-refractivity contribution in [3.63, 3.8) is 0 Å². The Morgan fingerprint density at radius 1 is 0.722 bits per heavy atom. The number of hydrogen-bond donors (Lipinski definition) is 0. The Balaban J connectivity index is 0. The van der Waals surface area contributed by atoms with Gasteiger partial charge in [0.25, 0.3) is 0 Å². The summed E-state index contributed by atoms with van der Waals surface area (Å²) in [4.78, 5) is 0. The van der Waals surface area contributed by atoms with Crippen molar-refractivity contribution >= 4 is 10.0 Å². The molecule has 0 fully saturated rings. The predicted octanol–water partition coefficient (Wildman–Crippen LogP) is -0.202. The largest absolute Gasteiger partial charge is 1.00 e. The van der Waals surface area contributed by atoms with Crippen LogP contribution in [0.5, 0.6) is 0 Å². The van der Waals surface area contributed by atoms with Crippen molar-refractivity contribution in [1.29, 1.82) is 0 Å². The molecule has 104 valence electrons. The molecule has 0 atom stereocenters. The number of alkyl halides is 9. The van der Waals surface area contributed by atoms with E-state index in [1.54, 1.807) is 0 Å². The van der Waals surface area contributed by atoms with Crippen LogP contribution in [0.15, 0.2) is 0 Å². The molecule has 0 saturated heterocycles. The van der Waals surface area contributed by atoms with Gasteiger partial charge in [-0.15, -0.1) is 0 Å². The third-order valence-electron chi connectivity index (χ3n) is 1.45. The van der Waals surface area contributed by atoms with Crippen LogP contribution in [0.2, 0.25) is 0 Å². The average Bonchev–Trinajstić information content (AvgIpc) is 1.98. The van der Waals surface area contributed by atoms with E-state index >= 15 is 0 Å². The molecule has 0 aliphatic carbocycles. The molecule has 0 aromatic carbocycles. The number of rotatable bonds is 3. The normalized spacial score (nSPS) is 15.2. The Morgan fingerprint density at radius 3 is 1.17 bits per heavy atom. The van der Waals surface area contributed by atoms with Gasteiger partial charge in [-0.05, 0) is 0 Å². The Labute approximate surface area is 106 Å². The molecule has 0 bridgehead atoms. The molecule has 3 nitrogen and oxygen atoms in total. The third kappa shape index (κ3) is 2.73. The maximum atomic E-state index is 12.3. The first-order chi connectivity index (χ1) is 7.00. The van der Waals surface area contributed by atoms with Crippen LogP contribution in [0.25, 0.3) is 5.14 Å². The number of halogens is 9. The van der Waals surface area contributed by atoms with Gasteiger partial charge in [0.05, 0.1) is 0 Å². The molecule has 1 N–H and O–H groups in total. The minimum absolute atomic E-state index is 0. The smallest absolute Gasteiger partial charge is 0.559 e. The van der Waals surface area contributed by atoms with Gasteiger partial charge in [0.1, 0.15) is 10.0 Å². The maximum absolute atomic E-state index is 12.3. The molecule has 0 amide bonds. The van der Waals surface area contributed by atoms with Crippen LogP contribution in [0.1, 0.15) is 0 Å². The molecule has 0 spiro atoms. The van der Waals surface area contributed by atoms with E-state index in [1.807, 2.05) is 0 Å². The summed E-state index contributed by atoms with van der Waals surface area (Å²) in [6.07, 6.45) is -7.11. The summed E-state index contributed by atoms with van der Waals surface area (Å²) >= 11 is 0. The summed E-state index contributed by atoms with van der Waals surface area (Å²) in [5, 5.41) is -1.37. The van der Waals surface area contributed by atoms with Crippen molar-refractivity contribution in [3.8, 4) is 0 Å². The Morgan fingerprint density at radius 2 is 1.00 bits per heavy atom. The second-order valence-corrected chi connectivity index (χ2v) is 4.19. The number of hydrogen-bond acceptors (Lipinski definition) is 2. The second kappa shape index (κ2) is 4.77. The van der Waals surface area contributed by atoms with E-state index in [9.17, 15) is 47.9 Å². The molecule has 0 aromatic heterocycles. The quantitative estimate of drug-likeness (QED) is 0.535. The summed E-state index contributed by atoms with van der Waals surface area (Å²) in [6, 6.07) is 0. The van der Waals surface area contributed by atoms with E-state index in [0.717, 1.165) is 0 Å². The SMILES string of the molecule is [Li+].[NH-]S(=O)(=O)C(F)(F)C(F)(F)C(F)(F)C(F)(F)F. The fraction of sp³-hybridized carbons (Fsp3) is 1.00. The maximum Gasteiger partial charge on any atom is 1.00 e. The van der Waals surface area contributed by atoms with Crippen LogP contribution < -0.4 is 18.9 Å². The predicted molar refractivity (Wildman–Crippen MR) is 34.1 cm³/mol. The summed E-state index contributed by atoms with van der Waals surface area (Å²) in [5.74, 6) is -14.6. The van der Waals surface area contributed by atoms with Crippen molar-refractivity contribution < 1.29 is 66.8 Å². The van der Waals surface area contributed by atoms with Crippen molar-refractivity contribution in [2.75, 3.05) is 0 Å². The van der Waals surface area contributed by atoms with Gasteiger partial charge in [0, 0.05) is 0 Å². The fourth-order valence-electron chi connectivity index (χ4n) is 0.530. The molecule has 0 heterocycles. The number of sulfonamides is 1. The minimum Gasteiger partial charge on any atom is -0.559 e. The molecule has 0 aromatic rings. The van der Waals surface area contributed by atoms with Crippen LogP contribution in [-0.2, 0) is 10.0 Å². The zero-order valence-corrected chi connectivity index (χ0v) is 8.94. The van der Waals surface area contributed by atoms with E-state index in [1.165, 1.54) is 0 Å². The molecule has 14 heteroatoms. The first-order valence-electron chi connectivity index (χ1n) is 3.19. The topological polar surface area (TPSA) is 57.9 Å². The van der Waals surface area contributed by atoms with Crippen LogP contribution in [-0.4, -0.2) is 31.7 Å². The van der Waals surface area contributed by atoms with Gasteiger partial charge in [-0.2, -0.15) is 39.5 Å². The van der Waals surface area contributed by atoms with Gasteiger partial charge in [-0.25, -0.2) is 8.42 Å². The van der Waals surface area contributed by atoms with Gasteiger partial charge >= 0.3 is 42.1 Å². The summed E-state index contributed by atoms with van der Waals surface area (Å²) in [7, 11) is -6.92. The van der Waals surface area contributed by atoms with Gasteiger partial charge in [-0.3, -0.25) is 0 Å². The molecule has 0 aliphatic rings. The van der Waals surface area contributed by atoms with Gasteiger partial charge in [-0.1, -0.05) is 0 Å². The minimum atomic E-state index is -7.31. The first-order valence-corrected chi connectivity index (χ1v) is 4.68. The third-order valence-corrected chi connectivity index (χ3v) is 2.38. The van der Waals surface area contributed by atoms with E-state index < -0.39 is 33.3 Å². The van der Waals surface area contributed by atoms with Gasteiger partial charge < -0.3 is 5.14 Å². The monoisotopic (exact) mass is 305 g/mol. The molecule has 0 rings (SSSR count). The van der Waals surface area contributed by atoms with E-state index in [4.69, 9.17) is 5.14 Å². The van der Waals surface area contributed by atoms with Crippen molar-refractivity contribution in [3.05, 3.63) is 5.14 Å². The van der Waals surface area contributed by atoms with E-state index in [0.29, 0.717) is 0 Å². The van der Waals surface area contributed by atoms with Crippen LogP contribution in [0.4, 0.5) is 39.5 Å². The molecule has 0 saturated carbocycles. The fourth-order valence-corrected chi connectivity index (χ4v) is 0.995. The van der Waals surface area contributed by atoms with Crippen molar-refractivity contribution in [2.45, 2.75) is 23.3 Å². The first kappa shape index (κ1) is 20.2. The Hall–Kier alpha value is -0.123. The van der Waals surface area contributed by atoms with E-state index in [-0.39, 0.29) is 18.9 Å². The Kier molecular flexibility index (Phi) is 5.35. The molecular weight excluding hydrogens is 304 g/mol. The molecule has 0 aliphatic heterocycles. The zero-order valence-electron chi connectivity index (χ0n) is 8.13. The molecule has 18 heavy (non-hydrogen) atoms. The molecule has 0 radical (unpaired) electrons. The summed E-state index contributed by atoms with van der Waals surface area (Å²) in [6.45, 7) is 0. The molecule has 0 unspecified atom stereocenters. The molecular formula is C4HF9LiNO2S. The van der Waals surface area contributed by atoms with Gasteiger partial charge in [0.15, 0.2) is 0 Å². The van der Waals surface area contributed by atoms with Crippen LogP contribution in [0.3, 0.4) is 0 Å². The summed E-state index contributed by atoms with van der Waals surface area (Å²) < 4.78 is 127. The average molecular weight is 305 g/mol. The van der Waals surface area contributed by atoms with Crippen molar-refractivity contribution in [1.82, 2.24) is 0 Å². The zero-order chi connectivity index (χ0) is 14.5. The standard InChI is InChI=1S/C4HF9NO2S.Li/c5-1(6,3(9,10)11)2(7,8)4(12,13)17(14,15)16;/h(H-,14,15,16);/q-1;+1. The van der Waals surface area contributed by atoms with Crippen molar-refractivity contribution in [2.24, 2.45) is 0 Å². The number of nitrogens with one attached hydrogen (secondary N) is 1.